The van der Waals surface area contributed by atoms with E-state index in [2.05, 4.69) is 15.0 Å². The number of piperidine rings is 1. The van der Waals surface area contributed by atoms with Crippen LogP contribution < -0.4 is 4.74 Å². The van der Waals surface area contributed by atoms with Crippen LogP contribution in [-0.4, -0.2) is 52.1 Å². The molecule has 3 atom stereocenters. The third kappa shape index (κ3) is 3.07. The second-order valence-electron chi connectivity index (χ2n) is 6.39. The van der Waals surface area contributed by atoms with E-state index in [1.165, 1.54) is 7.11 Å². The molecule has 7 heteroatoms. The van der Waals surface area contributed by atoms with Gasteiger partial charge >= 0.3 is 0 Å². The molecule has 2 aliphatic rings. The van der Waals surface area contributed by atoms with Crippen LogP contribution in [0, 0.1) is 5.92 Å². The molecule has 0 radical (unpaired) electrons. The number of aromatic nitrogens is 3. The van der Waals surface area contributed by atoms with Gasteiger partial charge in [0, 0.05) is 25.5 Å². The predicted molar refractivity (Wildman–Crippen MR) is 89.1 cm³/mol. The Bertz CT molecular complexity index is 755. The molecule has 0 N–H and O–H groups in total. The highest BCUT2D eigenvalue weighted by atomic mass is 16.5. The number of fused-ring (bicyclic) bond motifs is 1. The smallest absolute Gasteiger partial charge is 0.259 e. The van der Waals surface area contributed by atoms with E-state index in [0.717, 1.165) is 25.1 Å². The molecule has 130 valence electrons. The Kier molecular flexibility index (Phi) is 4.31. The minimum atomic E-state index is -0.0579. The molecule has 1 amide bonds. The molecule has 4 heterocycles. The van der Waals surface area contributed by atoms with E-state index in [-0.39, 0.29) is 18.1 Å². The van der Waals surface area contributed by atoms with Crippen LogP contribution in [0.1, 0.15) is 35.0 Å². The van der Waals surface area contributed by atoms with Crippen molar-refractivity contribution >= 4 is 5.91 Å². The van der Waals surface area contributed by atoms with Gasteiger partial charge in [0.25, 0.3) is 5.91 Å². The van der Waals surface area contributed by atoms with E-state index in [4.69, 9.17) is 9.47 Å². The summed E-state index contributed by atoms with van der Waals surface area (Å²) in [6.45, 7) is 1.31. The van der Waals surface area contributed by atoms with Gasteiger partial charge in [-0.1, -0.05) is 0 Å². The molecule has 2 aromatic rings. The predicted octanol–water partition coefficient (Wildman–Crippen LogP) is 1.87. The molecule has 0 aromatic carbocycles. The maximum Gasteiger partial charge on any atom is 0.259 e. The van der Waals surface area contributed by atoms with Crippen LogP contribution in [0.3, 0.4) is 0 Å². The van der Waals surface area contributed by atoms with Crippen molar-refractivity contribution in [3.8, 4) is 5.88 Å². The standard InChI is InChI=1S/C18H20N4O3/c1-24-17-13(3-2-6-20-17)18(23)22-8-5-12-9-15(25-16(12)10-22)14-4-7-19-11-21-14/h2-4,6-7,11-12,15-16H,5,8-10H2,1H3/t12-,15+,16+/m1/s1. The summed E-state index contributed by atoms with van der Waals surface area (Å²) in [5, 5.41) is 0. The topological polar surface area (TPSA) is 77.4 Å². The van der Waals surface area contributed by atoms with Gasteiger partial charge in [-0.2, -0.15) is 0 Å². The number of rotatable bonds is 3. The first kappa shape index (κ1) is 16.0. The largest absolute Gasteiger partial charge is 0.480 e. The Balaban J connectivity index is 1.47. The van der Waals surface area contributed by atoms with Crippen molar-refractivity contribution in [3.63, 3.8) is 0 Å². The maximum absolute atomic E-state index is 12.8. The van der Waals surface area contributed by atoms with E-state index >= 15 is 0 Å². The molecule has 0 bridgehead atoms. The van der Waals surface area contributed by atoms with Gasteiger partial charge in [-0.05, 0) is 37.0 Å². The van der Waals surface area contributed by atoms with Crippen LogP contribution in [0.15, 0.2) is 36.9 Å². The Morgan fingerprint density at radius 1 is 1.32 bits per heavy atom. The van der Waals surface area contributed by atoms with Crippen molar-refractivity contribution < 1.29 is 14.3 Å². The van der Waals surface area contributed by atoms with Gasteiger partial charge in [0.15, 0.2) is 0 Å². The number of hydrogen-bond acceptors (Lipinski definition) is 6. The average molecular weight is 340 g/mol. The third-order valence-electron chi connectivity index (χ3n) is 4.97. The molecule has 0 saturated carbocycles. The summed E-state index contributed by atoms with van der Waals surface area (Å²) in [5.41, 5.74) is 1.41. The summed E-state index contributed by atoms with van der Waals surface area (Å²) in [6.07, 6.45) is 6.80. The normalized spacial score (nSPS) is 25.5. The fourth-order valence-corrected chi connectivity index (χ4v) is 3.68. The monoisotopic (exact) mass is 340 g/mol. The van der Waals surface area contributed by atoms with Crippen molar-refractivity contribution in [2.75, 3.05) is 20.2 Å². The van der Waals surface area contributed by atoms with Crippen LogP contribution in [0.5, 0.6) is 5.88 Å². The number of amides is 1. The third-order valence-corrected chi connectivity index (χ3v) is 4.97. The first-order chi connectivity index (χ1) is 12.3. The van der Waals surface area contributed by atoms with E-state index in [1.54, 1.807) is 30.9 Å². The number of carbonyl (C=O) groups is 1. The minimum Gasteiger partial charge on any atom is -0.480 e. The summed E-state index contributed by atoms with van der Waals surface area (Å²) in [4.78, 5) is 27.1. The number of hydrogen-bond donors (Lipinski definition) is 0. The second kappa shape index (κ2) is 6.76. The van der Waals surface area contributed by atoms with Gasteiger partial charge in [0.1, 0.15) is 18.0 Å². The molecule has 0 aliphatic carbocycles. The number of ether oxygens (including phenoxy) is 2. The van der Waals surface area contributed by atoms with Gasteiger partial charge in [-0.25, -0.2) is 15.0 Å². The van der Waals surface area contributed by atoms with E-state index in [0.29, 0.717) is 23.9 Å². The molecule has 25 heavy (non-hydrogen) atoms. The summed E-state index contributed by atoms with van der Waals surface area (Å²) in [6, 6.07) is 5.39. The molecule has 2 saturated heterocycles. The summed E-state index contributed by atoms with van der Waals surface area (Å²) in [5.74, 6) is 0.762. The number of likely N-dealkylation sites (tertiary alicyclic amines) is 1. The molecule has 2 aromatic heterocycles. The molecule has 4 rings (SSSR count). The lowest BCUT2D eigenvalue weighted by atomic mass is 9.91. The molecule has 2 aliphatic heterocycles. The zero-order valence-corrected chi connectivity index (χ0v) is 14.0. The van der Waals surface area contributed by atoms with E-state index < -0.39 is 0 Å². The Morgan fingerprint density at radius 3 is 3.04 bits per heavy atom. The van der Waals surface area contributed by atoms with Crippen LogP contribution >= 0.6 is 0 Å². The molecule has 0 spiro atoms. The van der Waals surface area contributed by atoms with Crippen LogP contribution in [0.4, 0.5) is 0 Å². The van der Waals surface area contributed by atoms with Gasteiger partial charge in [0.2, 0.25) is 5.88 Å². The van der Waals surface area contributed by atoms with Crippen LogP contribution in [-0.2, 0) is 4.74 Å². The van der Waals surface area contributed by atoms with E-state index in [9.17, 15) is 4.79 Å². The molecular formula is C18H20N4O3. The Morgan fingerprint density at radius 2 is 2.24 bits per heavy atom. The Hall–Kier alpha value is -2.54. The molecule has 2 fully saturated rings. The van der Waals surface area contributed by atoms with Crippen molar-refractivity contribution in [1.82, 2.24) is 19.9 Å². The Labute approximate surface area is 146 Å². The number of methoxy groups -OCH3 is 1. The quantitative estimate of drug-likeness (QED) is 0.849. The SMILES string of the molecule is COc1ncccc1C(=O)N1CC[C@@H]2C[C@@H](c3ccncn3)O[C@H]2C1. The van der Waals surface area contributed by atoms with Gasteiger partial charge in [-0.3, -0.25) is 4.79 Å². The lowest BCUT2D eigenvalue weighted by Gasteiger charge is -2.34. The van der Waals surface area contributed by atoms with Gasteiger partial charge in [-0.15, -0.1) is 0 Å². The van der Waals surface area contributed by atoms with Crippen LogP contribution in [0.25, 0.3) is 0 Å². The zero-order chi connectivity index (χ0) is 17.2. The summed E-state index contributed by atoms with van der Waals surface area (Å²) >= 11 is 0. The molecule has 0 unspecified atom stereocenters. The van der Waals surface area contributed by atoms with Crippen molar-refractivity contribution in [2.24, 2.45) is 5.92 Å². The lowest BCUT2D eigenvalue weighted by molar-refractivity contribution is -0.00574. The fourth-order valence-electron chi connectivity index (χ4n) is 3.68. The second-order valence-corrected chi connectivity index (χ2v) is 6.39. The maximum atomic E-state index is 12.8. The summed E-state index contributed by atoms with van der Waals surface area (Å²) in [7, 11) is 1.53. The van der Waals surface area contributed by atoms with Crippen molar-refractivity contribution in [3.05, 3.63) is 48.2 Å². The number of pyridine rings is 1. The zero-order valence-electron chi connectivity index (χ0n) is 14.0. The first-order valence-corrected chi connectivity index (χ1v) is 8.46. The van der Waals surface area contributed by atoms with Gasteiger partial charge in [0.05, 0.1) is 18.9 Å². The number of carbonyl (C=O) groups excluding carboxylic acids is 1. The summed E-state index contributed by atoms with van der Waals surface area (Å²) < 4.78 is 11.4. The highest BCUT2D eigenvalue weighted by molar-refractivity contribution is 5.96. The van der Waals surface area contributed by atoms with Crippen LogP contribution in [0.2, 0.25) is 0 Å². The highest BCUT2D eigenvalue weighted by Crippen LogP contribution is 2.40. The van der Waals surface area contributed by atoms with Gasteiger partial charge < -0.3 is 14.4 Å². The molecule has 7 nitrogen and oxygen atoms in total. The first-order valence-electron chi connectivity index (χ1n) is 8.46. The van der Waals surface area contributed by atoms with E-state index in [1.807, 2.05) is 11.0 Å². The minimum absolute atomic E-state index is 0.0130. The molecular weight excluding hydrogens is 320 g/mol. The fraction of sp³-hybridized carbons (Fsp3) is 0.444. The number of nitrogens with zero attached hydrogens (tertiary/aromatic N) is 4. The average Bonchev–Trinajstić information content (AvgIpc) is 3.11. The lowest BCUT2D eigenvalue weighted by Crippen LogP contribution is -2.45. The van der Waals surface area contributed by atoms with Crippen molar-refractivity contribution in [1.29, 1.82) is 0 Å². The van der Waals surface area contributed by atoms with Crippen molar-refractivity contribution in [2.45, 2.75) is 25.0 Å². The highest BCUT2D eigenvalue weighted by Gasteiger charge is 2.41.